The highest BCUT2D eigenvalue weighted by Crippen LogP contribution is 2.39. The fourth-order valence-electron chi connectivity index (χ4n) is 2.41. The first-order valence-electron chi connectivity index (χ1n) is 7.48. The number of β-lactam (4-membered cyclic amide) rings is 1. The zero-order valence-corrected chi connectivity index (χ0v) is 15.4. The number of methoxy groups -OCH3 is 1. The van der Waals surface area contributed by atoms with Crippen molar-refractivity contribution in [2.75, 3.05) is 7.11 Å². The summed E-state index contributed by atoms with van der Waals surface area (Å²) >= 11 is 0. The lowest BCUT2D eigenvalue weighted by molar-refractivity contribution is -0.153. The summed E-state index contributed by atoms with van der Waals surface area (Å²) in [5.41, 5.74) is 0. The van der Waals surface area contributed by atoms with Crippen LogP contribution in [-0.4, -0.2) is 39.4 Å². The zero-order valence-electron chi connectivity index (χ0n) is 14.4. The maximum Gasteiger partial charge on any atom is 0.310 e. The highest BCUT2D eigenvalue weighted by Gasteiger charge is 2.50. The Bertz CT molecular complexity index is 416. The molecule has 1 rings (SSSR count). The van der Waals surface area contributed by atoms with Crippen LogP contribution in [0.4, 0.5) is 0 Å². The van der Waals surface area contributed by atoms with E-state index in [2.05, 4.69) is 39.2 Å². The standard InChI is InChI=1S/C15H29NO4Si/c1-9(14(18)19-6)12-11(13(17)16-12)10(2)20-21(7,8)15(3,4)5/h9-12H,1-8H3,(H,16,17). The molecule has 0 aromatic carbocycles. The van der Waals surface area contributed by atoms with Gasteiger partial charge in [-0.05, 0) is 32.0 Å². The van der Waals surface area contributed by atoms with Crippen LogP contribution in [0.25, 0.3) is 0 Å². The lowest BCUT2D eigenvalue weighted by atomic mass is 9.79. The molecule has 1 N–H and O–H groups in total. The van der Waals surface area contributed by atoms with Crippen LogP contribution in [0.2, 0.25) is 18.1 Å². The third kappa shape index (κ3) is 3.66. The molecule has 4 atom stereocenters. The van der Waals surface area contributed by atoms with E-state index in [0.717, 1.165) is 0 Å². The fourth-order valence-corrected chi connectivity index (χ4v) is 3.84. The van der Waals surface area contributed by atoms with Crippen LogP contribution in [0.1, 0.15) is 34.6 Å². The molecule has 1 aliphatic rings. The fraction of sp³-hybridized carbons (Fsp3) is 0.867. The van der Waals surface area contributed by atoms with E-state index < -0.39 is 8.32 Å². The minimum Gasteiger partial charge on any atom is -0.469 e. The second-order valence-electron chi connectivity index (χ2n) is 7.46. The summed E-state index contributed by atoms with van der Waals surface area (Å²) in [6.07, 6.45) is -0.197. The highest BCUT2D eigenvalue weighted by atomic mass is 28.4. The summed E-state index contributed by atoms with van der Waals surface area (Å²) in [7, 11) is -0.574. The van der Waals surface area contributed by atoms with Gasteiger partial charge in [0.15, 0.2) is 8.32 Å². The van der Waals surface area contributed by atoms with Crippen molar-refractivity contribution in [3.05, 3.63) is 0 Å². The number of hydrogen-bond donors (Lipinski definition) is 1. The maximum absolute atomic E-state index is 11.9. The van der Waals surface area contributed by atoms with E-state index >= 15 is 0 Å². The Labute approximate surface area is 128 Å². The SMILES string of the molecule is COC(=O)C(C)C1NC(=O)C1C(C)O[Si](C)(C)C(C)(C)C. The zero-order chi connectivity index (χ0) is 16.6. The van der Waals surface area contributed by atoms with E-state index in [9.17, 15) is 9.59 Å². The van der Waals surface area contributed by atoms with Gasteiger partial charge in [0.25, 0.3) is 0 Å². The normalized spacial score (nSPS) is 25.6. The average Bonchev–Trinajstić information content (AvgIpc) is 2.31. The van der Waals surface area contributed by atoms with Crippen molar-refractivity contribution in [3.8, 4) is 0 Å². The average molecular weight is 315 g/mol. The Morgan fingerprint density at radius 1 is 1.29 bits per heavy atom. The van der Waals surface area contributed by atoms with Gasteiger partial charge >= 0.3 is 5.97 Å². The Kier molecular flexibility index (Phi) is 5.26. The Morgan fingerprint density at radius 2 is 1.81 bits per heavy atom. The van der Waals surface area contributed by atoms with Crippen LogP contribution < -0.4 is 5.32 Å². The van der Waals surface area contributed by atoms with Crippen molar-refractivity contribution < 1.29 is 18.8 Å². The van der Waals surface area contributed by atoms with Crippen LogP contribution in [0.5, 0.6) is 0 Å². The quantitative estimate of drug-likeness (QED) is 0.480. The number of esters is 1. The van der Waals surface area contributed by atoms with Gasteiger partial charge in [0.2, 0.25) is 5.91 Å². The van der Waals surface area contributed by atoms with Gasteiger partial charge in [0.1, 0.15) is 0 Å². The second-order valence-corrected chi connectivity index (χ2v) is 12.2. The van der Waals surface area contributed by atoms with Crippen LogP contribution >= 0.6 is 0 Å². The van der Waals surface area contributed by atoms with Crippen molar-refractivity contribution in [3.63, 3.8) is 0 Å². The summed E-state index contributed by atoms with van der Waals surface area (Å²) < 4.78 is 11.1. The maximum atomic E-state index is 11.9. The first-order valence-corrected chi connectivity index (χ1v) is 10.4. The number of carbonyl (C=O) groups excluding carboxylic acids is 2. The van der Waals surface area contributed by atoms with Crippen molar-refractivity contribution in [2.24, 2.45) is 11.8 Å². The minimum atomic E-state index is -1.94. The topological polar surface area (TPSA) is 64.6 Å². The number of nitrogens with one attached hydrogen (secondary N) is 1. The molecule has 0 aromatic rings. The number of hydrogen-bond acceptors (Lipinski definition) is 4. The molecule has 0 aliphatic carbocycles. The third-order valence-electron chi connectivity index (χ3n) is 4.90. The van der Waals surface area contributed by atoms with E-state index in [-0.39, 0.29) is 40.9 Å². The van der Waals surface area contributed by atoms with E-state index in [1.807, 2.05) is 6.92 Å². The van der Waals surface area contributed by atoms with E-state index in [4.69, 9.17) is 9.16 Å². The van der Waals surface area contributed by atoms with Gasteiger partial charge in [-0.3, -0.25) is 9.59 Å². The predicted octanol–water partition coefficient (Wildman–Crippen LogP) is 2.32. The molecule has 1 fully saturated rings. The smallest absolute Gasteiger partial charge is 0.310 e. The number of rotatable bonds is 5. The number of amides is 1. The van der Waals surface area contributed by atoms with E-state index in [0.29, 0.717) is 0 Å². The van der Waals surface area contributed by atoms with Gasteiger partial charge in [-0.2, -0.15) is 0 Å². The molecule has 1 heterocycles. The minimum absolute atomic E-state index is 0.0398. The summed E-state index contributed by atoms with van der Waals surface area (Å²) in [6, 6.07) is -0.204. The molecular weight excluding hydrogens is 286 g/mol. The molecule has 21 heavy (non-hydrogen) atoms. The Balaban J connectivity index is 2.79. The predicted molar refractivity (Wildman–Crippen MR) is 84.3 cm³/mol. The highest BCUT2D eigenvalue weighted by molar-refractivity contribution is 6.74. The van der Waals surface area contributed by atoms with Crippen LogP contribution in [0, 0.1) is 11.8 Å². The monoisotopic (exact) mass is 315 g/mol. The van der Waals surface area contributed by atoms with Crippen LogP contribution in [0.15, 0.2) is 0 Å². The molecule has 0 radical (unpaired) electrons. The summed E-state index contributed by atoms with van der Waals surface area (Å²) in [5, 5.41) is 2.90. The van der Waals surface area contributed by atoms with Gasteiger partial charge in [0.05, 0.1) is 31.1 Å². The summed E-state index contributed by atoms with van der Waals surface area (Å²) in [6.45, 7) is 14.5. The molecule has 4 unspecified atom stereocenters. The first-order chi connectivity index (χ1) is 9.42. The molecule has 0 spiro atoms. The molecule has 0 bridgehead atoms. The molecular formula is C15H29NO4Si. The van der Waals surface area contributed by atoms with Crippen molar-refractivity contribution in [1.82, 2.24) is 5.32 Å². The Morgan fingerprint density at radius 3 is 2.19 bits per heavy atom. The van der Waals surface area contributed by atoms with Gasteiger partial charge < -0.3 is 14.5 Å². The number of carbonyl (C=O) groups is 2. The molecule has 1 amide bonds. The van der Waals surface area contributed by atoms with E-state index in [1.165, 1.54) is 7.11 Å². The largest absolute Gasteiger partial charge is 0.469 e. The number of ether oxygens (including phenoxy) is 1. The lowest BCUT2D eigenvalue weighted by Gasteiger charge is -2.46. The summed E-state index contributed by atoms with van der Waals surface area (Å²) in [4.78, 5) is 23.6. The lowest BCUT2D eigenvalue weighted by Crippen LogP contribution is -2.66. The molecule has 1 saturated heterocycles. The molecule has 0 aromatic heterocycles. The molecule has 0 saturated carbocycles. The van der Waals surface area contributed by atoms with Crippen LogP contribution in [-0.2, 0) is 18.8 Å². The summed E-state index contributed by atoms with van der Waals surface area (Å²) in [5.74, 6) is -0.983. The molecule has 6 heteroatoms. The van der Waals surface area contributed by atoms with Gasteiger partial charge in [-0.25, -0.2) is 0 Å². The van der Waals surface area contributed by atoms with Gasteiger partial charge in [-0.15, -0.1) is 0 Å². The van der Waals surface area contributed by atoms with E-state index in [1.54, 1.807) is 6.92 Å². The van der Waals surface area contributed by atoms with Crippen molar-refractivity contribution in [2.45, 2.75) is 64.9 Å². The van der Waals surface area contributed by atoms with Crippen molar-refractivity contribution in [1.29, 1.82) is 0 Å². The van der Waals surface area contributed by atoms with Gasteiger partial charge in [0, 0.05) is 0 Å². The molecule has 122 valence electrons. The van der Waals surface area contributed by atoms with Crippen molar-refractivity contribution >= 4 is 20.2 Å². The molecule has 1 aliphatic heterocycles. The first kappa shape index (κ1) is 18.2. The second kappa shape index (κ2) is 6.08. The molecule has 5 nitrogen and oxygen atoms in total. The Hall–Kier alpha value is -0.883. The van der Waals surface area contributed by atoms with Crippen LogP contribution in [0.3, 0.4) is 0 Å². The van der Waals surface area contributed by atoms with Gasteiger partial charge in [-0.1, -0.05) is 20.8 Å². The third-order valence-corrected chi connectivity index (χ3v) is 9.48.